The fourth-order valence-electron chi connectivity index (χ4n) is 0. The van der Waals surface area contributed by atoms with Crippen LogP contribution in [-0.2, 0) is 48.5 Å². The summed E-state index contributed by atoms with van der Waals surface area (Å²) in [5.74, 6) is 0. The predicted molar refractivity (Wildman–Crippen MR) is 0.686 cm³/mol. The van der Waals surface area contributed by atoms with E-state index in [-0.39, 0.29) is 67.3 Å². The minimum Gasteiger partial charge on any atom is -2.00 e. The molecule has 0 rings (SSSR count). The van der Waals surface area contributed by atoms with E-state index >= 15 is 0 Å². The molecule has 0 amide bonds. The molecule has 1 nitrogen and oxygen atoms in total. The monoisotopic (exact) mass is 172 g/mol. The molecule has 0 aliphatic heterocycles. The molecular weight excluding hydrogens is 173 g/mol. The summed E-state index contributed by atoms with van der Waals surface area (Å²) in [5.41, 5.74) is 0. The van der Waals surface area contributed by atoms with Gasteiger partial charge in [0.15, 0.2) is 0 Å². The molecule has 0 saturated carbocycles. The largest absolute Gasteiger partial charge is 4.00 e. The van der Waals surface area contributed by atoms with Crippen molar-refractivity contribution in [1.82, 2.24) is 0 Å². The van der Waals surface area contributed by atoms with E-state index in [9.17, 15) is 0 Å². The Morgan fingerprint density at radius 3 is 1.00 bits per heavy atom. The number of rotatable bonds is 0. The second kappa shape index (κ2) is 20.3. The van der Waals surface area contributed by atoms with Gasteiger partial charge in [0, 0.05) is 0 Å². The van der Waals surface area contributed by atoms with E-state index < -0.39 is 0 Å². The van der Waals surface area contributed by atoms with Crippen molar-refractivity contribution in [2.75, 3.05) is 0 Å². The van der Waals surface area contributed by atoms with Crippen LogP contribution in [0.2, 0.25) is 0 Å². The molecular formula is CoLiOZr+5. The zero-order chi connectivity index (χ0) is 0. The van der Waals surface area contributed by atoms with Crippen LogP contribution in [0.4, 0.5) is 0 Å². The second-order valence-corrected chi connectivity index (χ2v) is 0. The number of hydrogen-bond acceptors (Lipinski definition) is 0. The summed E-state index contributed by atoms with van der Waals surface area (Å²) in [6.07, 6.45) is 0. The van der Waals surface area contributed by atoms with E-state index in [1.54, 1.807) is 0 Å². The standard InChI is InChI=1S/Co.Li.O.Zr/q+2;+1;-2;+4. The predicted octanol–water partition coefficient (Wildman–Crippen LogP) is -3.12. The first kappa shape index (κ1) is 38.4. The van der Waals surface area contributed by atoms with E-state index in [0.717, 1.165) is 0 Å². The minimum atomic E-state index is 0. The van der Waals surface area contributed by atoms with Crippen molar-refractivity contribution < 1.29 is 67.3 Å². The average Bonchev–Trinajstić information content (AvgIpc) is 0. The maximum atomic E-state index is 0. The van der Waals surface area contributed by atoms with Crippen LogP contribution >= 0.6 is 0 Å². The van der Waals surface area contributed by atoms with Crippen molar-refractivity contribution in [3.05, 3.63) is 0 Å². The van der Waals surface area contributed by atoms with Crippen LogP contribution in [0.25, 0.3) is 0 Å². The third-order valence-corrected chi connectivity index (χ3v) is 0. The van der Waals surface area contributed by atoms with Gasteiger partial charge >= 0.3 is 61.8 Å². The Morgan fingerprint density at radius 2 is 1.00 bits per heavy atom. The van der Waals surface area contributed by atoms with Gasteiger partial charge in [-0.1, -0.05) is 0 Å². The molecule has 0 saturated heterocycles. The SMILES string of the molecule is [Co+2].[Li+].[O-2].[Zr+4]. The molecule has 0 aromatic rings. The second-order valence-electron chi connectivity index (χ2n) is 0. The number of hydrogen-bond donors (Lipinski definition) is 0. The average molecular weight is 173 g/mol. The van der Waals surface area contributed by atoms with Crippen molar-refractivity contribution in [2.45, 2.75) is 0 Å². The molecule has 0 N–H and O–H groups in total. The topological polar surface area (TPSA) is 28.5 Å². The molecule has 4 heteroatoms. The van der Waals surface area contributed by atoms with Crippen LogP contribution in [0.15, 0.2) is 0 Å². The van der Waals surface area contributed by atoms with Gasteiger partial charge in [-0.05, 0) is 0 Å². The molecule has 4 heavy (non-hydrogen) atoms. The Bertz CT molecular complexity index is 8.00. The molecule has 0 unspecified atom stereocenters. The summed E-state index contributed by atoms with van der Waals surface area (Å²) in [6.45, 7) is 0. The summed E-state index contributed by atoms with van der Waals surface area (Å²) in [4.78, 5) is 0. The maximum absolute atomic E-state index is 0. The molecule has 0 aliphatic carbocycles. The Balaban J connectivity index is 0. The van der Waals surface area contributed by atoms with Crippen LogP contribution in [0.3, 0.4) is 0 Å². The third kappa shape index (κ3) is 9.04. The van der Waals surface area contributed by atoms with Crippen molar-refractivity contribution in [2.24, 2.45) is 0 Å². The van der Waals surface area contributed by atoms with E-state index in [1.165, 1.54) is 0 Å². The van der Waals surface area contributed by atoms with Gasteiger partial charge < -0.3 is 5.48 Å². The fraction of sp³-hybridized carbons (Fsp3) is 0. The van der Waals surface area contributed by atoms with Crippen LogP contribution in [0.5, 0.6) is 0 Å². The first-order valence-corrected chi connectivity index (χ1v) is 0. The zero-order valence-electron chi connectivity index (χ0n) is 2.24. The van der Waals surface area contributed by atoms with Gasteiger partial charge in [0.25, 0.3) is 0 Å². The Morgan fingerprint density at radius 1 is 1.00 bits per heavy atom. The first-order valence-electron chi connectivity index (χ1n) is 0. The van der Waals surface area contributed by atoms with Gasteiger partial charge in [-0.3, -0.25) is 0 Å². The van der Waals surface area contributed by atoms with Crippen LogP contribution in [0.1, 0.15) is 0 Å². The normalized spacial score (nSPS) is 0. The maximum Gasteiger partial charge on any atom is 4.00 e. The van der Waals surface area contributed by atoms with Crippen molar-refractivity contribution in [3.63, 3.8) is 0 Å². The molecule has 0 atom stereocenters. The van der Waals surface area contributed by atoms with E-state index in [4.69, 9.17) is 0 Å². The smallest absolute Gasteiger partial charge is 2.00 e. The van der Waals surface area contributed by atoms with Gasteiger partial charge in [-0.2, -0.15) is 0 Å². The van der Waals surface area contributed by atoms with Gasteiger partial charge in [0.1, 0.15) is 0 Å². The molecule has 0 bridgehead atoms. The quantitative estimate of drug-likeness (QED) is 0.347. The summed E-state index contributed by atoms with van der Waals surface area (Å²) in [6, 6.07) is 0. The Hall–Kier alpha value is 1.95. The molecule has 0 aromatic carbocycles. The van der Waals surface area contributed by atoms with E-state index in [1.807, 2.05) is 0 Å². The Labute approximate surface area is 66.7 Å². The summed E-state index contributed by atoms with van der Waals surface area (Å²) in [5, 5.41) is 0. The van der Waals surface area contributed by atoms with Gasteiger partial charge in [-0.15, -0.1) is 0 Å². The Kier molecular flexibility index (Phi) is 195. The zero-order valence-corrected chi connectivity index (χ0v) is 5.74. The summed E-state index contributed by atoms with van der Waals surface area (Å²) < 4.78 is 0. The molecule has 0 aromatic heterocycles. The van der Waals surface area contributed by atoms with Crippen LogP contribution in [-0.4, -0.2) is 0 Å². The van der Waals surface area contributed by atoms with E-state index in [0.29, 0.717) is 0 Å². The molecule has 0 fully saturated rings. The molecule has 1 radical (unpaired) electrons. The van der Waals surface area contributed by atoms with Crippen LogP contribution in [0, 0.1) is 0 Å². The van der Waals surface area contributed by atoms with Crippen molar-refractivity contribution >= 4 is 0 Å². The third-order valence-electron chi connectivity index (χ3n) is 0. The van der Waals surface area contributed by atoms with Crippen molar-refractivity contribution in [1.29, 1.82) is 0 Å². The molecule has 0 heterocycles. The molecule has 0 spiro atoms. The summed E-state index contributed by atoms with van der Waals surface area (Å²) in [7, 11) is 0. The van der Waals surface area contributed by atoms with E-state index in [2.05, 4.69) is 0 Å². The van der Waals surface area contributed by atoms with Gasteiger partial charge in [0.2, 0.25) is 0 Å². The summed E-state index contributed by atoms with van der Waals surface area (Å²) >= 11 is 0. The van der Waals surface area contributed by atoms with Gasteiger partial charge in [0.05, 0.1) is 0 Å². The fourth-order valence-corrected chi connectivity index (χ4v) is 0. The molecule has 0 aliphatic rings. The minimum absolute atomic E-state index is 0. The van der Waals surface area contributed by atoms with Crippen molar-refractivity contribution in [3.8, 4) is 0 Å². The van der Waals surface area contributed by atoms with Crippen LogP contribution < -0.4 is 18.9 Å². The first-order chi connectivity index (χ1) is 0. The van der Waals surface area contributed by atoms with Gasteiger partial charge in [-0.25, -0.2) is 0 Å². The molecule has 15 valence electrons.